The lowest BCUT2D eigenvalue weighted by Crippen LogP contribution is -2.47. The van der Waals surface area contributed by atoms with Crippen LogP contribution < -0.4 is 16.6 Å². The molecule has 30 heavy (non-hydrogen) atoms. The van der Waals surface area contributed by atoms with E-state index in [1.807, 2.05) is 0 Å². The molecule has 4 aliphatic carbocycles. The average Bonchev–Trinajstić information content (AvgIpc) is 3.00. The lowest BCUT2D eigenvalue weighted by Gasteiger charge is -2.57. The van der Waals surface area contributed by atoms with Crippen LogP contribution in [0.3, 0.4) is 0 Å². The molecule has 2 aromatic rings. The average molecular weight is 434 g/mol. The van der Waals surface area contributed by atoms with Crippen LogP contribution in [0.4, 0.5) is 0 Å². The molecule has 2 heterocycles. The number of aromatic nitrogens is 4. The number of amides is 1. The van der Waals surface area contributed by atoms with Gasteiger partial charge in [-0.2, -0.15) is 4.98 Å². The largest absolute Gasteiger partial charge is 0.355 e. The zero-order valence-corrected chi connectivity index (χ0v) is 18.2. The summed E-state index contributed by atoms with van der Waals surface area (Å²) in [4.78, 5) is 41.5. The maximum absolute atomic E-state index is 12.6. The number of hydrogen-bond donors (Lipinski definition) is 1. The summed E-state index contributed by atoms with van der Waals surface area (Å²) in [7, 11) is 2.93. The zero-order chi connectivity index (χ0) is 21.2. The Kier molecular flexibility index (Phi) is 4.61. The smallest absolute Gasteiger partial charge is 0.332 e. The van der Waals surface area contributed by atoms with Gasteiger partial charge in [0.2, 0.25) is 11.2 Å². The fourth-order valence-corrected chi connectivity index (χ4v) is 7.05. The van der Waals surface area contributed by atoms with E-state index >= 15 is 0 Å². The molecule has 8 nitrogen and oxygen atoms in total. The van der Waals surface area contributed by atoms with E-state index in [1.165, 1.54) is 61.8 Å². The maximum atomic E-state index is 12.6. The highest BCUT2D eigenvalue weighted by atomic mass is 35.5. The SMILES string of the molecule is Cn1c(=O)c2c(nc(Cl)n2CC(=O)NCCC23CC4CC(CC(C4)C2)C3)n(C)c1=O. The van der Waals surface area contributed by atoms with Crippen molar-refractivity contribution in [2.24, 2.45) is 37.3 Å². The Labute approximate surface area is 179 Å². The molecular formula is C21H28ClN5O3. The van der Waals surface area contributed by atoms with Crippen LogP contribution in [-0.4, -0.2) is 31.1 Å². The van der Waals surface area contributed by atoms with E-state index in [2.05, 4.69) is 10.3 Å². The first-order chi connectivity index (χ1) is 14.3. The van der Waals surface area contributed by atoms with Gasteiger partial charge in [-0.15, -0.1) is 0 Å². The van der Waals surface area contributed by atoms with E-state index in [9.17, 15) is 14.4 Å². The van der Waals surface area contributed by atoms with E-state index in [1.54, 1.807) is 0 Å². The van der Waals surface area contributed by atoms with Gasteiger partial charge in [0.25, 0.3) is 5.56 Å². The molecule has 2 aromatic heterocycles. The van der Waals surface area contributed by atoms with Gasteiger partial charge in [-0.1, -0.05) is 0 Å². The van der Waals surface area contributed by atoms with Gasteiger partial charge in [-0.05, 0) is 79.7 Å². The highest BCUT2D eigenvalue weighted by Crippen LogP contribution is 2.61. The van der Waals surface area contributed by atoms with Gasteiger partial charge >= 0.3 is 5.69 Å². The van der Waals surface area contributed by atoms with E-state index in [4.69, 9.17) is 11.6 Å². The van der Waals surface area contributed by atoms with Gasteiger partial charge in [-0.3, -0.25) is 23.3 Å². The molecule has 9 heteroatoms. The number of imidazole rings is 1. The van der Waals surface area contributed by atoms with E-state index in [0.29, 0.717) is 12.0 Å². The van der Waals surface area contributed by atoms with Crippen molar-refractivity contribution in [3.05, 3.63) is 26.1 Å². The molecule has 162 valence electrons. The number of carbonyl (C=O) groups excluding carboxylic acids is 1. The van der Waals surface area contributed by atoms with Gasteiger partial charge in [0.15, 0.2) is 11.2 Å². The minimum atomic E-state index is -0.506. The van der Waals surface area contributed by atoms with Crippen LogP contribution in [0.15, 0.2) is 9.59 Å². The molecule has 0 radical (unpaired) electrons. The molecule has 1 N–H and O–H groups in total. The number of hydrogen-bond acceptors (Lipinski definition) is 4. The minimum Gasteiger partial charge on any atom is -0.355 e. The number of aryl methyl sites for hydroxylation is 1. The molecule has 4 bridgehead atoms. The van der Waals surface area contributed by atoms with Crippen LogP contribution in [0.5, 0.6) is 0 Å². The second-order valence-corrected chi connectivity index (χ2v) is 10.2. The third kappa shape index (κ3) is 3.11. The molecular weight excluding hydrogens is 406 g/mol. The number of nitrogens with one attached hydrogen (secondary N) is 1. The zero-order valence-electron chi connectivity index (χ0n) is 17.5. The van der Waals surface area contributed by atoms with Crippen molar-refractivity contribution < 1.29 is 4.79 Å². The van der Waals surface area contributed by atoms with E-state index < -0.39 is 11.2 Å². The fourth-order valence-electron chi connectivity index (χ4n) is 6.83. The first-order valence-electron chi connectivity index (χ1n) is 10.8. The van der Waals surface area contributed by atoms with Crippen molar-refractivity contribution in [3.63, 3.8) is 0 Å². The normalized spacial score (nSPS) is 29.6. The van der Waals surface area contributed by atoms with Crippen LogP contribution in [0.1, 0.15) is 44.9 Å². The predicted molar refractivity (Wildman–Crippen MR) is 113 cm³/mol. The second-order valence-electron chi connectivity index (χ2n) is 9.86. The summed E-state index contributed by atoms with van der Waals surface area (Å²) in [6, 6.07) is 0. The van der Waals surface area contributed by atoms with Crippen LogP contribution in [0, 0.1) is 23.2 Å². The van der Waals surface area contributed by atoms with Crippen molar-refractivity contribution in [2.45, 2.75) is 51.5 Å². The molecule has 0 spiro atoms. The van der Waals surface area contributed by atoms with Crippen molar-refractivity contribution in [1.82, 2.24) is 24.0 Å². The molecule has 4 aliphatic rings. The minimum absolute atomic E-state index is 0.0273. The summed E-state index contributed by atoms with van der Waals surface area (Å²) in [5.74, 6) is 2.49. The number of halogens is 1. The number of nitrogens with zero attached hydrogens (tertiary/aromatic N) is 4. The summed E-state index contributed by atoms with van der Waals surface area (Å²) in [6.07, 6.45) is 9.21. The van der Waals surface area contributed by atoms with Crippen molar-refractivity contribution in [3.8, 4) is 0 Å². The highest BCUT2D eigenvalue weighted by Gasteiger charge is 2.50. The van der Waals surface area contributed by atoms with Crippen LogP contribution >= 0.6 is 11.6 Å². The van der Waals surface area contributed by atoms with Gasteiger partial charge in [-0.25, -0.2) is 4.79 Å². The third-order valence-electron chi connectivity index (χ3n) is 7.75. The summed E-state index contributed by atoms with van der Waals surface area (Å²) in [5, 5.41) is 3.05. The molecule has 0 aliphatic heterocycles. The van der Waals surface area contributed by atoms with Gasteiger partial charge in [0, 0.05) is 20.6 Å². The summed E-state index contributed by atoms with van der Waals surface area (Å²) in [6.45, 7) is 0.551. The molecule has 0 aromatic carbocycles. The Morgan fingerprint density at radius 1 is 1.10 bits per heavy atom. The third-order valence-corrected chi connectivity index (χ3v) is 8.03. The Bertz CT molecular complexity index is 1110. The summed E-state index contributed by atoms with van der Waals surface area (Å²) in [5.41, 5.74) is -0.215. The standard InChI is InChI=1S/C21H28ClN5O3/c1-25-17-16(18(29)26(2)20(25)30)27(19(22)24-17)11-15(28)23-4-3-21-8-12-5-13(9-21)7-14(6-12)10-21/h12-14H,3-11H2,1-2H3,(H,23,28). The number of fused-ring (bicyclic) bond motifs is 1. The first-order valence-corrected chi connectivity index (χ1v) is 11.2. The topological polar surface area (TPSA) is 90.9 Å². The Morgan fingerprint density at radius 3 is 2.30 bits per heavy atom. The van der Waals surface area contributed by atoms with Crippen molar-refractivity contribution in [2.75, 3.05) is 6.54 Å². The number of carbonyl (C=O) groups is 1. The van der Waals surface area contributed by atoms with Gasteiger partial charge in [0.05, 0.1) is 0 Å². The Balaban J connectivity index is 1.29. The lowest BCUT2D eigenvalue weighted by atomic mass is 9.49. The van der Waals surface area contributed by atoms with E-state index in [0.717, 1.165) is 28.7 Å². The number of rotatable bonds is 5. The molecule has 4 saturated carbocycles. The quantitative estimate of drug-likeness (QED) is 0.728. The van der Waals surface area contributed by atoms with Crippen LogP contribution in [-0.2, 0) is 25.4 Å². The van der Waals surface area contributed by atoms with Gasteiger partial charge in [0.1, 0.15) is 6.54 Å². The molecule has 0 unspecified atom stereocenters. The Morgan fingerprint density at radius 2 is 1.70 bits per heavy atom. The predicted octanol–water partition coefficient (Wildman–Crippen LogP) is 1.81. The summed E-state index contributed by atoms with van der Waals surface area (Å²) >= 11 is 6.21. The van der Waals surface area contributed by atoms with Crippen LogP contribution in [0.25, 0.3) is 11.2 Å². The first kappa shape index (κ1) is 19.8. The molecule has 0 saturated heterocycles. The lowest BCUT2D eigenvalue weighted by molar-refractivity contribution is -0.122. The highest BCUT2D eigenvalue weighted by molar-refractivity contribution is 6.29. The maximum Gasteiger partial charge on any atom is 0.332 e. The summed E-state index contributed by atoms with van der Waals surface area (Å²) < 4.78 is 3.66. The van der Waals surface area contributed by atoms with Crippen LogP contribution in [0.2, 0.25) is 5.28 Å². The van der Waals surface area contributed by atoms with Crippen molar-refractivity contribution in [1.29, 1.82) is 0 Å². The monoisotopic (exact) mass is 433 g/mol. The molecule has 6 rings (SSSR count). The van der Waals surface area contributed by atoms with E-state index in [-0.39, 0.29) is 28.9 Å². The fraction of sp³-hybridized carbons (Fsp3) is 0.714. The van der Waals surface area contributed by atoms with Crippen molar-refractivity contribution >= 4 is 28.7 Å². The molecule has 4 fully saturated rings. The molecule has 1 amide bonds. The second kappa shape index (κ2) is 6.97. The Hall–Kier alpha value is -2.09. The molecule has 0 atom stereocenters. The van der Waals surface area contributed by atoms with Gasteiger partial charge < -0.3 is 5.32 Å².